The van der Waals surface area contributed by atoms with Gasteiger partial charge >= 0.3 is 0 Å². The van der Waals surface area contributed by atoms with Crippen molar-refractivity contribution in [2.24, 2.45) is 7.05 Å². The molecule has 0 radical (unpaired) electrons. The normalized spacial score (nSPS) is 10.9. The smallest absolute Gasteiger partial charge is 0.128 e. The lowest BCUT2D eigenvalue weighted by Crippen LogP contribution is -2.21. The van der Waals surface area contributed by atoms with E-state index in [2.05, 4.69) is 10.3 Å². The fourth-order valence-electron chi connectivity index (χ4n) is 1.10. The van der Waals surface area contributed by atoms with Gasteiger partial charge in [-0.25, -0.2) is 4.98 Å². The summed E-state index contributed by atoms with van der Waals surface area (Å²) in [5, 5.41) is 12.3. The van der Waals surface area contributed by atoms with E-state index in [0.717, 1.165) is 12.4 Å². The van der Waals surface area contributed by atoms with Gasteiger partial charge in [0, 0.05) is 13.6 Å². The van der Waals surface area contributed by atoms with Crippen molar-refractivity contribution in [2.45, 2.75) is 6.54 Å². The molecule has 5 nitrogen and oxygen atoms in total. The van der Waals surface area contributed by atoms with Gasteiger partial charge in [-0.05, 0) is 0 Å². The molecule has 15 heavy (non-hydrogen) atoms. The third kappa shape index (κ3) is 4.17. The summed E-state index contributed by atoms with van der Waals surface area (Å²) in [5.74, 6) is 0.891. The fourth-order valence-corrected chi connectivity index (χ4v) is 1.25. The predicted molar refractivity (Wildman–Crippen MR) is 57.8 cm³/mol. The van der Waals surface area contributed by atoms with E-state index in [4.69, 9.17) is 21.4 Å². The number of imidazole rings is 1. The zero-order valence-electron chi connectivity index (χ0n) is 8.74. The zero-order valence-corrected chi connectivity index (χ0v) is 9.50. The highest BCUT2D eigenvalue weighted by atomic mass is 35.5. The maximum absolute atomic E-state index is 8.47. The molecule has 0 saturated heterocycles. The van der Waals surface area contributed by atoms with Crippen LogP contribution in [-0.2, 0) is 18.3 Å². The second-order valence-electron chi connectivity index (χ2n) is 3.07. The van der Waals surface area contributed by atoms with Gasteiger partial charge in [-0.1, -0.05) is 11.6 Å². The van der Waals surface area contributed by atoms with Crippen LogP contribution in [0.5, 0.6) is 0 Å². The predicted octanol–water partition coefficient (Wildman–Crippen LogP) is 0.172. The summed E-state index contributed by atoms with van der Waals surface area (Å²) in [6, 6.07) is 0. The molecule has 1 aromatic heterocycles. The number of aliphatic hydroxyl groups is 1. The van der Waals surface area contributed by atoms with Crippen molar-refractivity contribution in [2.75, 3.05) is 26.4 Å². The summed E-state index contributed by atoms with van der Waals surface area (Å²) in [7, 11) is 1.87. The molecule has 0 aliphatic carbocycles. The highest BCUT2D eigenvalue weighted by Gasteiger charge is 2.02. The van der Waals surface area contributed by atoms with Gasteiger partial charge in [-0.3, -0.25) is 0 Å². The number of aliphatic hydroxyl groups excluding tert-OH is 1. The number of ether oxygens (including phenoxy) is 1. The van der Waals surface area contributed by atoms with E-state index in [1.165, 1.54) is 0 Å². The molecule has 86 valence electrons. The molecular formula is C9H16ClN3O2. The number of hydrogen-bond acceptors (Lipinski definition) is 4. The molecule has 1 aromatic rings. The van der Waals surface area contributed by atoms with Gasteiger partial charge in [-0.15, -0.1) is 0 Å². The molecular weight excluding hydrogens is 218 g/mol. The molecule has 0 unspecified atom stereocenters. The van der Waals surface area contributed by atoms with E-state index in [0.29, 0.717) is 24.9 Å². The van der Waals surface area contributed by atoms with Crippen molar-refractivity contribution < 1.29 is 9.84 Å². The summed E-state index contributed by atoms with van der Waals surface area (Å²) in [5.41, 5.74) is 0. The maximum Gasteiger partial charge on any atom is 0.128 e. The molecule has 6 heteroatoms. The van der Waals surface area contributed by atoms with Gasteiger partial charge < -0.3 is 19.7 Å². The first kappa shape index (κ1) is 12.4. The molecule has 0 amide bonds. The molecule has 0 spiro atoms. The van der Waals surface area contributed by atoms with E-state index < -0.39 is 0 Å². The highest BCUT2D eigenvalue weighted by Crippen LogP contribution is 2.08. The maximum atomic E-state index is 8.47. The molecule has 0 aliphatic rings. The molecule has 0 aliphatic heterocycles. The molecule has 0 fully saturated rings. The summed E-state index contributed by atoms with van der Waals surface area (Å²) in [6.45, 7) is 2.42. The number of halogens is 1. The molecule has 0 bridgehead atoms. The lowest BCUT2D eigenvalue weighted by atomic mass is 10.5. The third-order valence-corrected chi connectivity index (χ3v) is 2.32. The first-order valence-electron chi connectivity index (χ1n) is 4.81. The third-order valence-electron chi connectivity index (χ3n) is 1.97. The lowest BCUT2D eigenvalue weighted by Gasteiger charge is -2.05. The van der Waals surface area contributed by atoms with Crippen LogP contribution in [0, 0.1) is 0 Å². The first-order chi connectivity index (χ1) is 7.25. The Morgan fingerprint density at radius 1 is 1.60 bits per heavy atom. The summed E-state index contributed by atoms with van der Waals surface area (Å²) >= 11 is 5.83. The van der Waals surface area contributed by atoms with Gasteiger partial charge in [0.25, 0.3) is 0 Å². The summed E-state index contributed by atoms with van der Waals surface area (Å²) in [6.07, 6.45) is 1.63. The Bertz CT molecular complexity index is 291. The van der Waals surface area contributed by atoms with Gasteiger partial charge in [0.15, 0.2) is 0 Å². The summed E-state index contributed by atoms with van der Waals surface area (Å²) < 4.78 is 6.91. The first-order valence-corrected chi connectivity index (χ1v) is 5.19. The number of nitrogens with one attached hydrogen (secondary N) is 1. The minimum absolute atomic E-state index is 0.0645. The van der Waals surface area contributed by atoms with Crippen molar-refractivity contribution in [3.8, 4) is 0 Å². The van der Waals surface area contributed by atoms with Crippen LogP contribution in [0.15, 0.2) is 6.20 Å². The van der Waals surface area contributed by atoms with Crippen molar-refractivity contribution >= 4 is 11.6 Å². The van der Waals surface area contributed by atoms with Crippen LogP contribution in [0.2, 0.25) is 5.15 Å². The van der Waals surface area contributed by atoms with E-state index in [1.807, 2.05) is 11.6 Å². The second-order valence-corrected chi connectivity index (χ2v) is 3.46. The van der Waals surface area contributed by atoms with Gasteiger partial charge in [0.05, 0.1) is 32.6 Å². The highest BCUT2D eigenvalue weighted by molar-refractivity contribution is 6.29. The largest absolute Gasteiger partial charge is 0.394 e. The average Bonchev–Trinajstić information content (AvgIpc) is 2.54. The van der Waals surface area contributed by atoms with E-state index >= 15 is 0 Å². The molecule has 0 atom stereocenters. The fraction of sp³-hybridized carbons (Fsp3) is 0.667. The SMILES string of the molecule is Cn1c(Cl)cnc1CNCCOCCO. The monoisotopic (exact) mass is 233 g/mol. The standard InChI is InChI=1S/C9H16ClN3O2/c1-13-8(10)6-12-9(13)7-11-2-4-15-5-3-14/h6,11,14H,2-5,7H2,1H3. The molecule has 1 heterocycles. The zero-order chi connectivity index (χ0) is 11.1. The Hall–Kier alpha value is -0.620. The van der Waals surface area contributed by atoms with Gasteiger partial charge in [-0.2, -0.15) is 0 Å². The minimum atomic E-state index is 0.0645. The Morgan fingerprint density at radius 2 is 2.40 bits per heavy atom. The van der Waals surface area contributed by atoms with Crippen LogP contribution in [-0.4, -0.2) is 41.0 Å². The van der Waals surface area contributed by atoms with Crippen molar-refractivity contribution in [1.29, 1.82) is 0 Å². The van der Waals surface area contributed by atoms with Crippen LogP contribution in [0.25, 0.3) is 0 Å². The minimum Gasteiger partial charge on any atom is -0.394 e. The second kappa shape index (κ2) is 6.79. The van der Waals surface area contributed by atoms with E-state index in [1.54, 1.807) is 6.20 Å². The number of rotatable bonds is 7. The number of nitrogens with zero attached hydrogens (tertiary/aromatic N) is 2. The van der Waals surface area contributed by atoms with Crippen molar-refractivity contribution in [3.63, 3.8) is 0 Å². The Kier molecular flexibility index (Phi) is 5.63. The topological polar surface area (TPSA) is 59.3 Å². The van der Waals surface area contributed by atoms with Crippen molar-refractivity contribution in [1.82, 2.24) is 14.9 Å². The Morgan fingerprint density at radius 3 is 3.00 bits per heavy atom. The molecule has 0 aromatic carbocycles. The quantitative estimate of drug-likeness (QED) is 0.660. The van der Waals surface area contributed by atoms with Crippen LogP contribution in [0.4, 0.5) is 0 Å². The molecule has 0 saturated carbocycles. The van der Waals surface area contributed by atoms with E-state index in [9.17, 15) is 0 Å². The van der Waals surface area contributed by atoms with Crippen molar-refractivity contribution in [3.05, 3.63) is 17.2 Å². The number of aromatic nitrogens is 2. The van der Waals surface area contributed by atoms with Crippen LogP contribution < -0.4 is 5.32 Å². The van der Waals surface area contributed by atoms with Gasteiger partial charge in [0.1, 0.15) is 11.0 Å². The number of hydrogen-bond donors (Lipinski definition) is 2. The van der Waals surface area contributed by atoms with Gasteiger partial charge in [0.2, 0.25) is 0 Å². The van der Waals surface area contributed by atoms with E-state index in [-0.39, 0.29) is 6.61 Å². The van der Waals surface area contributed by atoms with Crippen LogP contribution in [0.1, 0.15) is 5.82 Å². The Labute approximate surface area is 94.0 Å². The average molecular weight is 234 g/mol. The molecule has 1 rings (SSSR count). The summed E-state index contributed by atoms with van der Waals surface area (Å²) in [4.78, 5) is 4.14. The molecule has 2 N–H and O–H groups in total. The van der Waals surface area contributed by atoms with Crippen LogP contribution in [0.3, 0.4) is 0 Å². The van der Waals surface area contributed by atoms with Crippen LogP contribution >= 0.6 is 11.6 Å². The Balaban J connectivity index is 2.12. The lowest BCUT2D eigenvalue weighted by molar-refractivity contribution is 0.0937.